The fourth-order valence-electron chi connectivity index (χ4n) is 1.79. The lowest BCUT2D eigenvalue weighted by Gasteiger charge is -2.14. The number of thiocarbonyl (C=S) groups is 1. The van der Waals surface area contributed by atoms with Gasteiger partial charge in [0.1, 0.15) is 16.4 Å². The van der Waals surface area contributed by atoms with E-state index < -0.39 is 0 Å². The van der Waals surface area contributed by atoms with Gasteiger partial charge in [-0.3, -0.25) is 4.79 Å². The van der Waals surface area contributed by atoms with Crippen molar-refractivity contribution >= 4 is 28.8 Å². The molecular formula is C13H14N4O2S. The first-order valence-electron chi connectivity index (χ1n) is 5.79. The van der Waals surface area contributed by atoms with E-state index in [0.717, 1.165) is 0 Å². The van der Waals surface area contributed by atoms with Crippen molar-refractivity contribution in [2.24, 2.45) is 12.8 Å². The van der Waals surface area contributed by atoms with E-state index in [2.05, 4.69) is 10.3 Å². The third-order valence-corrected chi connectivity index (χ3v) is 3.02. The maximum Gasteiger partial charge on any atom is 0.274 e. The van der Waals surface area contributed by atoms with Gasteiger partial charge in [0.2, 0.25) is 0 Å². The van der Waals surface area contributed by atoms with E-state index in [1.165, 1.54) is 13.3 Å². The quantitative estimate of drug-likeness (QED) is 0.830. The van der Waals surface area contributed by atoms with Crippen LogP contribution in [0, 0.1) is 0 Å². The minimum atomic E-state index is -0.313. The number of methoxy groups -OCH3 is 1. The van der Waals surface area contributed by atoms with Gasteiger partial charge >= 0.3 is 0 Å². The molecule has 0 aliphatic heterocycles. The number of amides is 1. The molecule has 20 heavy (non-hydrogen) atoms. The van der Waals surface area contributed by atoms with Gasteiger partial charge in [0, 0.05) is 12.6 Å². The normalized spacial score (nSPS) is 10.1. The second kappa shape index (κ2) is 5.70. The van der Waals surface area contributed by atoms with Crippen molar-refractivity contribution in [2.45, 2.75) is 0 Å². The van der Waals surface area contributed by atoms with E-state index in [-0.39, 0.29) is 10.9 Å². The zero-order valence-electron chi connectivity index (χ0n) is 11.1. The number of nitrogens with two attached hydrogens (primary N) is 1. The third kappa shape index (κ3) is 2.62. The number of aryl methyl sites for hydroxylation is 1. The molecule has 0 unspecified atom stereocenters. The fraction of sp³-hybridized carbons (Fsp3) is 0.154. The van der Waals surface area contributed by atoms with Crippen LogP contribution in [0.5, 0.6) is 5.75 Å². The molecule has 0 radical (unpaired) electrons. The van der Waals surface area contributed by atoms with Gasteiger partial charge in [0.25, 0.3) is 5.91 Å². The molecule has 0 saturated carbocycles. The zero-order chi connectivity index (χ0) is 14.7. The highest BCUT2D eigenvalue weighted by molar-refractivity contribution is 7.80. The third-order valence-electron chi connectivity index (χ3n) is 2.80. The number of imidazole rings is 1. The SMILES string of the molecule is COc1cccc(C(N)=S)c1NC(=O)c1cncn1C. The number of rotatable bonds is 4. The molecule has 0 spiro atoms. The summed E-state index contributed by atoms with van der Waals surface area (Å²) in [5.41, 5.74) is 7.09. The van der Waals surface area contributed by atoms with Gasteiger partial charge in [0.15, 0.2) is 0 Å². The summed E-state index contributed by atoms with van der Waals surface area (Å²) in [5.74, 6) is 0.179. The molecule has 3 N–H and O–H groups in total. The smallest absolute Gasteiger partial charge is 0.274 e. The summed E-state index contributed by atoms with van der Waals surface area (Å²) >= 11 is 4.99. The molecule has 1 aromatic carbocycles. The number of para-hydroxylation sites is 1. The summed E-state index contributed by atoms with van der Waals surface area (Å²) < 4.78 is 6.85. The van der Waals surface area contributed by atoms with Crippen molar-refractivity contribution in [2.75, 3.05) is 12.4 Å². The van der Waals surface area contributed by atoms with Crippen molar-refractivity contribution in [1.82, 2.24) is 9.55 Å². The first-order chi connectivity index (χ1) is 9.54. The molecule has 1 heterocycles. The lowest BCUT2D eigenvalue weighted by molar-refractivity contribution is 0.101. The molecule has 0 aliphatic rings. The van der Waals surface area contributed by atoms with Crippen molar-refractivity contribution in [3.63, 3.8) is 0 Å². The predicted molar refractivity (Wildman–Crippen MR) is 80.0 cm³/mol. The summed E-state index contributed by atoms with van der Waals surface area (Å²) in [4.78, 5) is 16.3. The van der Waals surface area contributed by atoms with Crippen LogP contribution in [0.3, 0.4) is 0 Å². The maximum atomic E-state index is 12.2. The molecule has 0 atom stereocenters. The van der Waals surface area contributed by atoms with Crippen molar-refractivity contribution in [1.29, 1.82) is 0 Å². The minimum absolute atomic E-state index is 0.184. The van der Waals surface area contributed by atoms with Crippen LogP contribution in [0.1, 0.15) is 16.1 Å². The number of carbonyl (C=O) groups excluding carboxylic acids is 1. The highest BCUT2D eigenvalue weighted by Gasteiger charge is 2.16. The number of ether oxygens (including phenoxy) is 1. The summed E-state index contributed by atoms with van der Waals surface area (Å²) in [7, 11) is 3.25. The summed E-state index contributed by atoms with van der Waals surface area (Å²) in [6, 6.07) is 5.21. The van der Waals surface area contributed by atoms with Crippen molar-refractivity contribution in [3.8, 4) is 5.75 Å². The molecule has 0 bridgehead atoms. The number of nitrogens with zero attached hydrogens (tertiary/aromatic N) is 2. The van der Waals surface area contributed by atoms with Crippen LogP contribution in [0.4, 0.5) is 5.69 Å². The monoisotopic (exact) mass is 290 g/mol. The summed E-state index contributed by atoms with van der Waals surface area (Å²) in [6.07, 6.45) is 3.02. The van der Waals surface area contributed by atoms with Crippen molar-refractivity contribution < 1.29 is 9.53 Å². The van der Waals surface area contributed by atoms with Gasteiger partial charge in [-0.15, -0.1) is 0 Å². The first kappa shape index (κ1) is 14.0. The van der Waals surface area contributed by atoms with Crippen LogP contribution in [-0.4, -0.2) is 27.6 Å². The van der Waals surface area contributed by atoms with Crippen LogP contribution in [-0.2, 0) is 7.05 Å². The second-order valence-corrected chi connectivity index (χ2v) is 4.53. The van der Waals surface area contributed by atoms with E-state index in [1.807, 2.05) is 0 Å². The molecule has 2 rings (SSSR count). The highest BCUT2D eigenvalue weighted by atomic mass is 32.1. The first-order valence-corrected chi connectivity index (χ1v) is 6.20. The molecule has 0 saturated heterocycles. The van der Waals surface area contributed by atoms with Crippen LogP contribution in [0.25, 0.3) is 0 Å². The van der Waals surface area contributed by atoms with Gasteiger partial charge in [-0.25, -0.2) is 4.98 Å². The van der Waals surface area contributed by atoms with Gasteiger partial charge in [-0.2, -0.15) is 0 Å². The van der Waals surface area contributed by atoms with Gasteiger partial charge in [0.05, 0.1) is 25.3 Å². The lowest BCUT2D eigenvalue weighted by atomic mass is 10.1. The summed E-state index contributed by atoms with van der Waals surface area (Å²) in [5, 5.41) is 2.76. The largest absolute Gasteiger partial charge is 0.495 e. The van der Waals surface area contributed by atoms with Crippen LogP contribution < -0.4 is 15.8 Å². The van der Waals surface area contributed by atoms with Gasteiger partial charge in [-0.1, -0.05) is 18.3 Å². The molecule has 0 fully saturated rings. The van der Waals surface area contributed by atoms with Crippen LogP contribution in [0.15, 0.2) is 30.7 Å². The number of hydrogen-bond acceptors (Lipinski definition) is 4. The van der Waals surface area contributed by atoms with E-state index in [4.69, 9.17) is 22.7 Å². The Kier molecular flexibility index (Phi) is 3.99. The molecule has 6 nitrogen and oxygen atoms in total. The Morgan fingerprint density at radius 1 is 1.50 bits per heavy atom. The number of benzene rings is 1. The number of carbonyl (C=O) groups is 1. The van der Waals surface area contributed by atoms with Crippen LogP contribution in [0.2, 0.25) is 0 Å². The Morgan fingerprint density at radius 3 is 2.80 bits per heavy atom. The number of hydrogen-bond donors (Lipinski definition) is 2. The van der Waals surface area contributed by atoms with E-state index in [1.54, 1.807) is 36.1 Å². The zero-order valence-corrected chi connectivity index (χ0v) is 11.9. The van der Waals surface area contributed by atoms with Crippen LogP contribution >= 0.6 is 12.2 Å². The number of aromatic nitrogens is 2. The molecule has 104 valence electrons. The number of nitrogens with one attached hydrogen (secondary N) is 1. The molecule has 1 amide bonds. The molecule has 2 aromatic rings. The Hall–Kier alpha value is -2.41. The maximum absolute atomic E-state index is 12.2. The van der Waals surface area contributed by atoms with Gasteiger partial charge in [-0.05, 0) is 12.1 Å². The van der Waals surface area contributed by atoms with E-state index >= 15 is 0 Å². The van der Waals surface area contributed by atoms with Crippen molar-refractivity contribution in [3.05, 3.63) is 42.0 Å². The Balaban J connectivity index is 2.40. The second-order valence-electron chi connectivity index (χ2n) is 4.09. The standard InChI is InChI=1S/C13H14N4O2S/c1-17-7-15-6-9(17)13(18)16-11-8(12(14)20)4-3-5-10(11)19-2/h3-7H,1-2H3,(H2,14,20)(H,16,18). The van der Waals surface area contributed by atoms with E-state index in [0.29, 0.717) is 22.7 Å². The topological polar surface area (TPSA) is 82.2 Å². The average Bonchev–Trinajstić information content (AvgIpc) is 2.85. The Morgan fingerprint density at radius 2 is 2.25 bits per heavy atom. The van der Waals surface area contributed by atoms with Gasteiger partial charge < -0.3 is 20.4 Å². The lowest BCUT2D eigenvalue weighted by Crippen LogP contribution is -2.20. The molecule has 1 aromatic heterocycles. The fourth-order valence-corrected chi connectivity index (χ4v) is 1.96. The Labute approximate surface area is 121 Å². The molecule has 0 aliphatic carbocycles. The minimum Gasteiger partial charge on any atom is -0.495 e. The Bertz CT molecular complexity index is 666. The number of anilines is 1. The molecule has 7 heteroatoms. The summed E-state index contributed by atoms with van der Waals surface area (Å²) in [6.45, 7) is 0. The highest BCUT2D eigenvalue weighted by Crippen LogP contribution is 2.28. The van der Waals surface area contributed by atoms with E-state index in [9.17, 15) is 4.79 Å². The average molecular weight is 290 g/mol. The molecular weight excluding hydrogens is 276 g/mol. The predicted octanol–water partition coefficient (Wildman–Crippen LogP) is 1.32.